The second-order valence-corrected chi connectivity index (χ2v) is 4.08. The number of rotatable bonds is 3. The van der Waals surface area contributed by atoms with Gasteiger partial charge < -0.3 is 4.74 Å². The van der Waals surface area contributed by atoms with E-state index in [-0.39, 0.29) is 0 Å². The lowest BCUT2D eigenvalue weighted by atomic mass is 10.1. The second kappa shape index (κ2) is 6.38. The molecule has 0 atom stereocenters. The minimum atomic E-state index is -1.68. The summed E-state index contributed by atoms with van der Waals surface area (Å²) in [7, 11) is 0. The van der Waals surface area contributed by atoms with Crippen LogP contribution in [-0.4, -0.2) is 10.8 Å². The van der Waals surface area contributed by atoms with Gasteiger partial charge >= 0.3 is 0 Å². The maximum atomic E-state index is 13.2. The Balaban J connectivity index is 0.00000121. The first-order valence-corrected chi connectivity index (χ1v) is 5.80. The van der Waals surface area contributed by atoms with Gasteiger partial charge in [-0.2, -0.15) is 4.39 Å². The maximum Gasteiger partial charge on any atom is 0.242 e. The highest BCUT2D eigenvalue weighted by atomic mass is 19.2. The van der Waals surface area contributed by atoms with Crippen molar-refractivity contribution >= 4 is 5.57 Å². The molecule has 0 N–H and O–H groups in total. The summed E-state index contributed by atoms with van der Waals surface area (Å²) >= 11 is 0. The van der Waals surface area contributed by atoms with Crippen LogP contribution in [-0.2, 0) is 0 Å². The van der Waals surface area contributed by atoms with Crippen molar-refractivity contribution in [1.29, 1.82) is 0 Å². The van der Waals surface area contributed by atoms with E-state index >= 15 is 0 Å². The van der Waals surface area contributed by atoms with E-state index in [9.17, 15) is 4.39 Å². The van der Waals surface area contributed by atoms with Crippen LogP contribution in [0.2, 0.25) is 0 Å². The van der Waals surface area contributed by atoms with Gasteiger partial charge in [-0.3, -0.25) is 4.98 Å². The first-order valence-electron chi connectivity index (χ1n) is 5.80. The molecule has 1 aromatic rings. The number of halogens is 1. The Hall–Kier alpha value is -1.38. The van der Waals surface area contributed by atoms with Gasteiger partial charge in [0.05, 0.1) is 11.9 Å². The predicted octanol–water partition coefficient (Wildman–Crippen LogP) is 4.53. The molecule has 0 aliphatic rings. The summed E-state index contributed by atoms with van der Waals surface area (Å²) in [5.74, 6) is -1.25. The second-order valence-electron chi connectivity index (χ2n) is 4.08. The van der Waals surface area contributed by atoms with Gasteiger partial charge in [0.1, 0.15) is 5.75 Å². The molecule has 0 aromatic carbocycles. The van der Waals surface area contributed by atoms with E-state index in [1.807, 2.05) is 27.7 Å². The molecule has 0 spiro atoms. The molecule has 2 nitrogen and oxygen atoms in total. The van der Waals surface area contributed by atoms with E-state index in [0.717, 1.165) is 16.8 Å². The molecule has 0 amide bonds. The topological polar surface area (TPSA) is 22.1 Å². The van der Waals surface area contributed by atoms with Crippen molar-refractivity contribution in [3.8, 4) is 5.75 Å². The molecule has 0 bridgehead atoms. The van der Waals surface area contributed by atoms with Gasteiger partial charge in [0.15, 0.2) is 0 Å². The van der Waals surface area contributed by atoms with Crippen LogP contribution in [0.15, 0.2) is 18.8 Å². The normalized spacial score (nSPS) is 10.3. The van der Waals surface area contributed by atoms with Crippen molar-refractivity contribution in [3.05, 3.63) is 30.1 Å². The molecule has 0 aliphatic carbocycles. The summed E-state index contributed by atoms with van der Waals surface area (Å²) < 4.78 is 18.3. The molecule has 1 heterocycles. The molecule has 3 heteroatoms. The highest BCUT2D eigenvalue weighted by Gasteiger charge is 2.17. The van der Waals surface area contributed by atoms with Crippen LogP contribution >= 0.6 is 0 Å². The smallest absolute Gasteiger partial charge is 0.242 e. The Labute approximate surface area is 104 Å². The Kier molecular flexibility index (Phi) is 5.86. The van der Waals surface area contributed by atoms with Crippen molar-refractivity contribution in [2.75, 3.05) is 0 Å². The molecule has 0 saturated carbocycles. The number of aromatic nitrogens is 1. The number of nitrogens with zero attached hydrogens (tertiary/aromatic N) is 1. The van der Waals surface area contributed by atoms with E-state index in [0.29, 0.717) is 5.75 Å². The number of hydrogen-bond acceptors (Lipinski definition) is 2. The molecule has 0 aliphatic heterocycles. The lowest BCUT2D eigenvalue weighted by Gasteiger charge is -2.17. The average molecular weight is 239 g/mol. The number of hydrogen-bond donors (Lipinski definition) is 0. The van der Waals surface area contributed by atoms with Gasteiger partial charge in [0, 0.05) is 13.8 Å². The van der Waals surface area contributed by atoms with E-state index in [1.165, 1.54) is 20.0 Å². The quantitative estimate of drug-likeness (QED) is 0.773. The maximum absolute atomic E-state index is 13.2. The summed E-state index contributed by atoms with van der Waals surface area (Å²) in [4.78, 5) is 4.17. The summed E-state index contributed by atoms with van der Waals surface area (Å²) in [5.41, 5.74) is 2.65. The third kappa shape index (κ3) is 5.48. The van der Waals surface area contributed by atoms with Gasteiger partial charge in [0.2, 0.25) is 5.85 Å². The minimum Gasteiger partial charge on any atom is -0.457 e. The first kappa shape index (κ1) is 15.6. The van der Waals surface area contributed by atoms with Crippen LogP contribution in [0.5, 0.6) is 5.75 Å². The number of pyridine rings is 1. The SMILES string of the molecule is C=C(C)c1ncc(OC(C)(C)F)cc1C.CC. The summed E-state index contributed by atoms with van der Waals surface area (Å²) in [5, 5.41) is 0. The summed E-state index contributed by atoms with van der Waals surface area (Å²) in [6.07, 6.45) is 1.51. The monoisotopic (exact) mass is 239 g/mol. The fourth-order valence-corrected chi connectivity index (χ4v) is 1.33. The van der Waals surface area contributed by atoms with Gasteiger partial charge in [-0.1, -0.05) is 20.4 Å². The zero-order chi connectivity index (χ0) is 13.6. The molecule has 17 heavy (non-hydrogen) atoms. The van der Waals surface area contributed by atoms with Crippen LogP contribution in [0.4, 0.5) is 4.39 Å². The highest BCUT2D eigenvalue weighted by Crippen LogP contribution is 2.23. The van der Waals surface area contributed by atoms with Crippen molar-refractivity contribution in [1.82, 2.24) is 4.98 Å². The lowest BCUT2D eigenvalue weighted by Crippen LogP contribution is -2.21. The van der Waals surface area contributed by atoms with Gasteiger partial charge in [0.25, 0.3) is 0 Å². The number of aryl methyl sites for hydroxylation is 1. The summed E-state index contributed by atoms with van der Waals surface area (Å²) in [6.45, 7) is 14.3. The predicted molar refractivity (Wildman–Crippen MR) is 70.8 cm³/mol. The van der Waals surface area contributed by atoms with Crippen LogP contribution in [0, 0.1) is 6.92 Å². The van der Waals surface area contributed by atoms with Crippen LogP contribution in [0.3, 0.4) is 0 Å². The van der Waals surface area contributed by atoms with Gasteiger partial charge in [-0.05, 0) is 31.1 Å². The third-order valence-electron chi connectivity index (χ3n) is 1.82. The van der Waals surface area contributed by atoms with E-state index in [1.54, 1.807) is 6.07 Å². The lowest BCUT2D eigenvalue weighted by molar-refractivity contribution is -0.0260. The van der Waals surface area contributed by atoms with Crippen LogP contribution in [0.25, 0.3) is 5.57 Å². The largest absolute Gasteiger partial charge is 0.457 e. The number of allylic oxidation sites excluding steroid dienone is 1. The molecule has 0 radical (unpaired) electrons. The summed E-state index contributed by atoms with van der Waals surface area (Å²) in [6, 6.07) is 1.76. The molecule has 1 rings (SSSR count). The number of ether oxygens (including phenoxy) is 1. The van der Waals surface area contributed by atoms with Crippen LogP contribution in [0.1, 0.15) is 45.9 Å². The molecule has 0 unspecified atom stereocenters. The van der Waals surface area contributed by atoms with Crippen molar-refractivity contribution in [2.24, 2.45) is 0 Å². The van der Waals surface area contributed by atoms with Crippen molar-refractivity contribution in [2.45, 2.75) is 47.4 Å². The Morgan fingerprint density at radius 2 is 1.94 bits per heavy atom. The molecule has 96 valence electrons. The van der Waals surface area contributed by atoms with Crippen molar-refractivity contribution < 1.29 is 9.13 Å². The Morgan fingerprint density at radius 3 is 2.29 bits per heavy atom. The van der Waals surface area contributed by atoms with E-state index in [4.69, 9.17) is 4.74 Å². The van der Waals surface area contributed by atoms with Gasteiger partial charge in [-0.15, -0.1) is 0 Å². The number of alkyl halides is 1. The van der Waals surface area contributed by atoms with E-state index in [2.05, 4.69) is 11.6 Å². The minimum absolute atomic E-state index is 0.435. The fourth-order valence-electron chi connectivity index (χ4n) is 1.33. The van der Waals surface area contributed by atoms with Crippen LogP contribution < -0.4 is 4.74 Å². The zero-order valence-corrected chi connectivity index (χ0v) is 11.6. The molecule has 1 aromatic heterocycles. The van der Waals surface area contributed by atoms with Crippen molar-refractivity contribution in [3.63, 3.8) is 0 Å². The first-order chi connectivity index (χ1) is 7.79. The zero-order valence-electron chi connectivity index (χ0n) is 11.6. The third-order valence-corrected chi connectivity index (χ3v) is 1.82. The van der Waals surface area contributed by atoms with Gasteiger partial charge in [-0.25, -0.2) is 0 Å². The Bertz CT molecular complexity index is 380. The average Bonchev–Trinajstić information content (AvgIpc) is 2.17. The highest BCUT2D eigenvalue weighted by molar-refractivity contribution is 5.61. The molecule has 0 fully saturated rings. The van der Waals surface area contributed by atoms with E-state index < -0.39 is 5.85 Å². The molecule has 0 saturated heterocycles. The fraction of sp³-hybridized carbons (Fsp3) is 0.500. The molecular weight excluding hydrogens is 217 g/mol. The molecular formula is C14H22FNO. The standard InChI is InChI=1S/C12H16FNO.C2H6/c1-8(2)11-9(3)6-10(7-14-11)15-12(4,5)13;1-2/h6-7H,1H2,2-5H3;1-2H3. The Morgan fingerprint density at radius 1 is 1.41 bits per heavy atom.